The van der Waals surface area contributed by atoms with Crippen LogP contribution in [0.4, 0.5) is 0 Å². The zero-order valence-electron chi connectivity index (χ0n) is 6.72. The van der Waals surface area contributed by atoms with Crippen LogP contribution >= 0.6 is 45.2 Å². The Bertz CT molecular complexity index is 273. The van der Waals surface area contributed by atoms with Crippen LogP contribution in [0, 0.1) is 7.14 Å². The van der Waals surface area contributed by atoms with Gasteiger partial charge in [-0.25, -0.2) is 0 Å². The topological polar surface area (TPSA) is 20.2 Å². The summed E-state index contributed by atoms with van der Waals surface area (Å²) in [5, 5.41) is 9.59. The minimum Gasteiger partial charge on any atom is -0.388 e. The average Bonchev–Trinajstić information content (AvgIpc) is 2.03. The Labute approximate surface area is 99.8 Å². The highest BCUT2D eigenvalue weighted by Gasteiger charge is 2.08. The second-order valence-corrected chi connectivity index (χ2v) is 5.00. The van der Waals surface area contributed by atoms with Gasteiger partial charge in [0.15, 0.2) is 0 Å². The molecule has 1 rings (SSSR count). The van der Waals surface area contributed by atoms with Crippen LogP contribution in [0.3, 0.4) is 0 Å². The summed E-state index contributed by atoms with van der Waals surface area (Å²) < 4.78 is 2.36. The molecule has 1 aromatic carbocycles. The first-order chi connectivity index (χ1) is 5.65. The maximum absolute atomic E-state index is 9.59. The average molecular weight is 388 g/mol. The molecule has 0 spiro atoms. The summed E-state index contributed by atoms with van der Waals surface area (Å²) in [4.78, 5) is 0. The van der Waals surface area contributed by atoms with Crippen molar-refractivity contribution >= 4 is 45.2 Å². The molecule has 66 valence electrons. The van der Waals surface area contributed by atoms with Crippen molar-refractivity contribution in [2.24, 2.45) is 0 Å². The van der Waals surface area contributed by atoms with Crippen LogP contribution in [0.15, 0.2) is 18.2 Å². The van der Waals surface area contributed by atoms with Gasteiger partial charge in [0, 0.05) is 7.14 Å². The molecule has 0 aliphatic carbocycles. The summed E-state index contributed by atoms with van der Waals surface area (Å²) in [6.07, 6.45) is 0.463. The molecule has 1 aromatic rings. The third-order valence-electron chi connectivity index (χ3n) is 1.71. The van der Waals surface area contributed by atoms with Crippen molar-refractivity contribution in [1.82, 2.24) is 0 Å². The standard InChI is InChI=1S/C9H10I2O/c1-2-9(12)7-4-3-6(10)5-8(7)11/h3-5,9,12H,2H2,1H3. The third kappa shape index (κ3) is 2.56. The first-order valence-electron chi connectivity index (χ1n) is 3.78. The highest BCUT2D eigenvalue weighted by molar-refractivity contribution is 14.1. The number of rotatable bonds is 2. The van der Waals surface area contributed by atoms with Crippen LogP contribution < -0.4 is 0 Å². The Morgan fingerprint density at radius 2 is 2.08 bits per heavy atom. The molecule has 0 aliphatic heterocycles. The van der Waals surface area contributed by atoms with Gasteiger partial charge in [0.25, 0.3) is 0 Å². The van der Waals surface area contributed by atoms with Crippen LogP contribution in [0.2, 0.25) is 0 Å². The molecule has 1 atom stereocenters. The predicted molar refractivity (Wildman–Crippen MR) is 67.1 cm³/mol. The second-order valence-electron chi connectivity index (χ2n) is 2.59. The van der Waals surface area contributed by atoms with Gasteiger partial charge in [-0.15, -0.1) is 0 Å². The molecule has 3 heteroatoms. The SMILES string of the molecule is CCC(O)c1ccc(I)cc1I. The zero-order valence-corrected chi connectivity index (χ0v) is 11.0. The first-order valence-corrected chi connectivity index (χ1v) is 5.94. The van der Waals surface area contributed by atoms with Crippen LogP contribution in [-0.2, 0) is 0 Å². The van der Waals surface area contributed by atoms with Gasteiger partial charge < -0.3 is 5.11 Å². The van der Waals surface area contributed by atoms with Crippen LogP contribution in [0.25, 0.3) is 0 Å². The summed E-state index contributed by atoms with van der Waals surface area (Å²) in [7, 11) is 0. The molecule has 0 saturated carbocycles. The summed E-state index contributed by atoms with van der Waals surface area (Å²) in [5.74, 6) is 0. The number of aliphatic hydroxyl groups excluding tert-OH is 1. The van der Waals surface area contributed by atoms with E-state index in [1.54, 1.807) is 0 Å². The van der Waals surface area contributed by atoms with Gasteiger partial charge in [-0.05, 0) is 69.3 Å². The van der Waals surface area contributed by atoms with E-state index in [1.165, 1.54) is 3.57 Å². The van der Waals surface area contributed by atoms with Crippen molar-refractivity contribution in [2.45, 2.75) is 19.4 Å². The summed E-state index contributed by atoms with van der Waals surface area (Å²) in [6, 6.07) is 6.10. The van der Waals surface area contributed by atoms with Gasteiger partial charge in [0.1, 0.15) is 0 Å². The molecule has 0 heterocycles. The van der Waals surface area contributed by atoms with E-state index >= 15 is 0 Å². The number of hydrogen-bond donors (Lipinski definition) is 1. The smallest absolute Gasteiger partial charge is 0.0797 e. The molecular formula is C9H10I2O. The lowest BCUT2D eigenvalue weighted by atomic mass is 10.1. The Kier molecular flexibility index (Phi) is 4.25. The maximum Gasteiger partial charge on any atom is 0.0797 e. The Hall–Kier alpha value is 0.640. The largest absolute Gasteiger partial charge is 0.388 e. The maximum atomic E-state index is 9.59. The summed E-state index contributed by atoms with van der Waals surface area (Å²) in [5.41, 5.74) is 1.04. The first kappa shape index (κ1) is 10.7. The van der Waals surface area contributed by atoms with Gasteiger partial charge in [-0.2, -0.15) is 0 Å². The van der Waals surface area contributed by atoms with Gasteiger partial charge in [-0.3, -0.25) is 0 Å². The van der Waals surface area contributed by atoms with E-state index in [9.17, 15) is 5.11 Å². The van der Waals surface area contributed by atoms with Gasteiger partial charge in [-0.1, -0.05) is 13.0 Å². The number of halogens is 2. The minimum absolute atomic E-state index is 0.311. The number of hydrogen-bond acceptors (Lipinski definition) is 1. The van der Waals surface area contributed by atoms with Gasteiger partial charge in [0.2, 0.25) is 0 Å². The van der Waals surface area contributed by atoms with E-state index in [2.05, 4.69) is 51.2 Å². The normalized spacial score (nSPS) is 13.0. The van der Waals surface area contributed by atoms with Crippen molar-refractivity contribution in [3.8, 4) is 0 Å². The predicted octanol–water partition coefficient (Wildman–Crippen LogP) is 3.34. The molecule has 1 nitrogen and oxygen atoms in total. The zero-order chi connectivity index (χ0) is 9.14. The summed E-state index contributed by atoms with van der Waals surface area (Å²) in [6.45, 7) is 1.98. The van der Waals surface area contributed by atoms with E-state index in [0.717, 1.165) is 15.6 Å². The highest BCUT2D eigenvalue weighted by atomic mass is 127. The monoisotopic (exact) mass is 388 g/mol. The molecule has 0 amide bonds. The molecular weight excluding hydrogens is 378 g/mol. The van der Waals surface area contributed by atoms with E-state index in [4.69, 9.17) is 0 Å². The molecule has 0 saturated heterocycles. The quantitative estimate of drug-likeness (QED) is 0.771. The van der Waals surface area contributed by atoms with Crippen LogP contribution in [-0.4, -0.2) is 5.11 Å². The minimum atomic E-state index is -0.311. The fourth-order valence-electron chi connectivity index (χ4n) is 0.992. The lowest BCUT2D eigenvalue weighted by Crippen LogP contribution is -1.98. The summed E-state index contributed by atoms with van der Waals surface area (Å²) >= 11 is 4.53. The second kappa shape index (κ2) is 4.76. The molecule has 12 heavy (non-hydrogen) atoms. The van der Waals surface area contributed by atoms with Crippen LogP contribution in [0.5, 0.6) is 0 Å². The van der Waals surface area contributed by atoms with Gasteiger partial charge in [0.05, 0.1) is 6.10 Å². The molecule has 0 aromatic heterocycles. The fourth-order valence-corrected chi connectivity index (χ4v) is 2.95. The van der Waals surface area contributed by atoms with Crippen LogP contribution in [0.1, 0.15) is 25.0 Å². The third-order valence-corrected chi connectivity index (χ3v) is 3.31. The molecule has 1 unspecified atom stereocenters. The van der Waals surface area contributed by atoms with E-state index < -0.39 is 0 Å². The molecule has 0 radical (unpaired) electrons. The van der Waals surface area contributed by atoms with Crippen molar-refractivity contribution < 1.29 is 5.11 Å². The lowest BCUT2D eigenvalue weighted by Gasteiger charge is -2.10. The Morgan fingerprint density at radius 3 is 2.58 bits per heavy atom. The molecule has 1 N–H and O–H groups in total. The number of aliphatic hydroxyl groups is 1. The van der Waals surface area contributed by atoms with E-state index in [1.807, 2.05) is 19.1 Å². The molecule has 0 aliphatic rings. The Balaban J connectivity index is 3.01. The lowest BCUT2D eigenvalue weighted by molar-refractivity contribution is 0.173. The molecule has 0 fully saturated rings. The van der Waals surface area contributed by atoms with Gasteiger partial charge >= 0.3 is 0 Å². The van der Waals surface area contributed by atoms with Crippen molar-refractivity contribution in [2.75, 3.05) is 0 Å². The highest BCUT2D eigenvalue weighted by Crippen LogP contribution is 2.23. The van der Waals surface area contributed by atoms with Crippen molar-refractivity contribution in [3.63, 3.8) is 0 Å². The Morgan fingerprint density at radius 1 is 1.42 bits per heavy atom. The molecule has 0 bridgehead atoms. The van der Waals surface area contributed by atoms with Crippen molar-refractivity contribution in [1.29, 1.82) is 0 Å². The number of benzene rings is 1. The van der Waals surface area contributed by atoms with E-state index in [-0.39, 0.29) is 6.10 Å². The van der Waals surface area contributed by atoms with Crippen molar-refractivity contribution in [3.05, 3.63) is 30.9 Å². The van der Waals surface area contributed by atoms with E-state index in [0.29, 0.717) is 0 Å². The fraction of sp³-hybridized carbons (Fsp3) is 0.333.